The van der Waals surface area contributed by atoms with E-state index in [-0.39, 0.29) is 0 Å². The van der Waals surface area contributed by atoms with E-state index in [9.17, 15) is 0 Å². The Morgan fingerprint density at radius 2 is 1.68 bits per heavy atom. The van der Waals surface area contributed by atoms with Crippen LogP contribution in [0.25, 0.3) is 0 Å². The van der Waals surface area contributed by atoms with Gasteiger partial charge in [-0.2, -0.15) is 0 Å². The molecular formula is C27H26N3P. The van der Waals surface area contributed by atoms with E-state index in [4.69, 9.17) is 5.10 Å². The molecule has 1 aromatic heterocycles. The summed E-state index contributed by atoms with van der Waals surface area (Å²) in [7, 11) is -0.730. The molecule has 4 rings (SSSR count). The number of hydrogen-bond acceptors (Lipinski definition) is 3. The van der Waals surface area contributed by atoms with Gasteiger partial charge in [-0.1, -0.05) is 79.4 Å². The van der Waals surface area contributed by atoms with Crippen molar-refractivity contribution in [1.29, 1.82) is 0 Å². The van der Waals surface area contributed by atoms with Crippen LogP contribution in [-0.2, 0) is 0 Å². The van der Waals surface area contributed by atoms with Gasteiger partial charge in [-0.3, -0.25) is 4.90 Å². The number of allylic oxidation sites excluding steroid dienone is 6. The van der Waals surface area contributed by atoms with Gasteiger partial charge in [0.15, 0.2) is 5.82 Å². The summed E-state index contributed by atoms with van der Waals surface area (Å²) in [6, 6.07) is 25.0. The van der Waals surface area contributed by atoms with Gasteiger partial charge in [-0.25, -0.2) is 0 Å². The molecule has 0 saturated heterocycles. The Bertz CT molecular complexity index is 1100. The maximum absolute atomic E-state index is 4.73. The van der Waals surface area contributed by atoms with Gasteiger partial charge in [0.05, 0.1) is 5.44 Å². The first kappa shape index (κ1) is 21.0. The summed E-state index contributed by atoms with van der Waals surface area (Å²) < 4.78 is 0. The first-order valence-electron chi connectivity index (χ1n) is 10.5. The summed E-state index contributed by atoms with van der Waals surface area (Å²) in [4.78, 5) is 2.08. The lowest BCUT2D eigenvalue weighted by Crippen LogP contribution is -2.21. The van der Waals surface area contributed by atoms with Crippen LogP contribution in [0.3, 0.4) is 0 Å². The molecule has 1 atom stereocenters. The van der Waals surface area contributed by atoms with E-state index in [1.807, 2.05) is 37.3 Å². The Labute approximate surface area is 185 Å². The van der Waals surface area contributed by atoms with Crippen molar-refractivity contribution < 1.29 is 0 Å². The minimum Gasteiger partial charge on any atom is -0.294 e. The fraction of sp³-hybridized carbons (Fsp3) is 0.111. The average molecular weight is 424 g/mol. The highest BCUT2D eigenvalue weighted by atomic mass is 31.1. The van der Waals surface area contributed by atoms with Crippen molar-refractivity contribution in [3.8, 4) is 0 Å². The second-order valence-corrected chi connectivity index (χ2v) is 9.28. The number of para-hydroxylation sites is 1. The molecule has 0 bridgehead atoms. The number of benzene rings is 2. The Morgan fingerprint density at radius 3 is 2.26 bits per heavy atom. The van der Waals surface area contributed by atoms with Crippen molar-refractivity contribution in [1.82, 2.24) is 10.2 Å². The zero-order valence-electron chi connectivity index (χ0n) is 17.7. The van der Waals surface area contributed by atoms with E-state index >= 15 is 0 Å². The lowest BCUT2D eigenvalue weighted by Gasteiger charge is -2.25. The van der Waals surface area contributed by atoms with Crippen LogP contribution in [-0.4, -0.2) is 10.2 Å². The number of aromatic nitrogens is 2. The maximum Gasteiger partial charge on any atom is 0.160 e. The van der Waals surface area contributed by atoms with Gasteiger partial charge in [0.1, 0.15) is 0 Å². The van der Waals surface area contributed by atoms with Crippen molar-refractivity contribution in [2.75, 3.05) is 4.90 Å². The molecule has 1 aliphatic carbocycles. The van der Waals surface area contributed by atoms with Crippen LogP contribution in [0.2, 0.25) is 0 Å². The van der Waals surface area contributed by atoms with Crippen LogP contribution in [0.5, 0.6) is 0 Å². The predicted octanol–water partition coefficient (Wildman–Crippen LogP) is 6.37. The summed E-state index contributed by atoms with van der Waals surface area (Å²) in [6.45, 7) is 5.99. The van der Waals surface area contributed by atoms with Crippen molar-refractivity contribution >= 4 is 30.2 Å². The minimum absolute atomic E-state index is 0.730. The Kier molecular flexibility index (Phi) is 6.86. The van der Waals surface area contributed by atoms with Crippen molar-refractivity contribution in [2.45, 2.75) is 19.8 Å². The smallest absolute Gasteiger partial charge is 0.160 e. The summed E-state index contributed by atoms with van der Waals surface area (Å²) in [5.41, 5.74) is 3.01. The molecule has 0 amide bonds. The molecule has 3 aromatic rings. The SMILES string of the molecule is C=C/C(=C\C)N(c1ccccc1)c1ccc(P(C2=CCCC=C2)c2ccccc2)nn1. The fourth-order valence-electron chi connectivity index (χ4n) is 3.64. The predicted molar refractivity (Wildman–Crippen MR) is 134 cm³/mol. The van der Waals surface area contributed by atoms with Gasteiger partial charge in [-0.05, 0) is 60.7 Å². The first-order chi connectivity index (χ1) is 15.3. The zero-order chi connectivity index (χ0) is 21.5. The van der Waals surface area contributed by atoms with Crippen LogP contribution in [0.1, 0.15) is 19.8 Å². The first-order valence-corrected chi connectivity index (χ1v) is 11.9. The van der Waals surface area contributed by atoms with Gasteiger partial charge >= 0.3 is 0 Å². The topological polar surface area (TPSA) is 29.0 Å². The summed E-state index contributed by atoms with van der Waals surface area (Å²) >= 11 is 0. The highest BCUT2D eigenvalue weighted by molar-refractivity contribution is 7.76. The second-order valence-electron chi connectivity index (χ2n) is 7.12. The van der Waals surface area contributed by atoms with E-state index in [1.54, 1.807) is 0 Å². The Morgan fingerprint density at radius 1 is 0.935 bits per heavy atom. The molecule has 2 aromatic carbocycles. The lowest BCUT2D eigenvalue weighted by atomic mass is 10.2. The number of hydrogen-bond donors (Lipinski definition) is 0. The van der Waals surface area contributed by atoms with Gasteiger partial charge in [0, 0.05) is 19.3 Å². The molecule has 4 heteroatoms. The lowest BCUT2D eigenvalue weighted by molar-refractivity contribution is 1.01. The van der Waals surface area contributed by atoms with E-state index in [2.05, 4.69) is 89.4 Å². The molecule has 0 spiro atoms. The molecule has 0 radical (unpaired) electrons. The molecule has 1 aliphatic rings. The van der Waals surface area contributed by atoms with E-state index < -0.39 is 7.92 Å². The molecule has 0 saturated carbocycles. The molecule has 0 fully saturated rings. The van der Waals surface area contributed by atoms with Gasteiger partial charge in [-0.15, -0.1) is 10.2 Å². The number of anilines is 2. The number of rotatable bonds is 7. The third-order valence-electron chi connectivity index (χ3n) is 5.12. The average Bonchev–Trinajstić information content (AvgIpc) is 2.85. The number of nitrogens with zero attached hydrogens (tertiary/aromatic N) is 3. The van der Waals surface area contributed by atoms with Crippen molar-refractivity contribution in [3.63, 3.8) is 0 Å². The largest absolute Gasteiger partial charge is 0.294 e. The molecule has 1 unspecified atom stereocenters. The molecule has 154 valence electrons. The van der Waals surface area contributed by atoms with E-state index in [0.717, 1.165) is 35.5 Å². The molecule has 0 aliphatic heterocycles. The zero-order valence-corrected chi connectivity index (χ0v) is 18.6. The highest BCUT2D eigenvalue weighted by Gasteiger charge is 2.21. The summed E-state index contributed by atoms with van der Waals surface area (Å²) in [5.74, 6) is 0.777. The summed E-state index contributed by atoms with van der Waals surface area (Å²) in [6.07, 6.45) is 12.9. The Balaban J connectivity index is 1.75. The van der Waals surface area contributed by atoms with Crippen LogP contribution in [0, 0.1) is 0 Å². The third kappa shape index (κ3) is 4.73. The minimum atomic E-state index is -0.730. The second kappa shape index (κ2) is 10.1. The molecular weight excluding hydrogens is 397 g/mol. The summed E-state index contributed by atoms with van der Waals surface area (Å²) in [5, 5.41) is 12.0. The molecule has 3 nitrogen and oxygen atoms in total. The van der Waals surface area contributed by atoms with Gasteiger partial charge < -0.3 is 0 Å². The molecule has 31 heavy (non-hydrogen) atoms. The molecule has 1 heterocycles. The van der Waals surface area contributed by atoms with Gasteiger partial charge in [0.25, 0.3) is 0 Å². The van der Waals surface area contributed by atoms with Crippen LogP contribution < -0.4 is 15.6 Å². The van der Waals surface area contributed by atoms with Crippen LogP contribution >= 0.6 is 7.92 Å². The van der Waals surface area contributed by atoms with Gasteiger partial charge in [0.2, 0.25) is 0 Å². The van der Waals surface area contributed by atoms with Crippen LogP contribution in [0.4, 0.5) is 11.5 Å². The molecule has 0 N–H and O–H groups in total. The van der Waals surface area contributed by atoms with E-state index in [1.165, 1.54) is 10.6 Å². The Hall–Kier alpha value is -3.29. The van der Waals surface area contributed by atoms with Crippen LogP contribution in [0.15, 0.2) is 121 Å². The normalized spacial score (nSPS) is 14.6. The van der Waals surface area contributed by atoms with E-state index in [0.29, 0.717) is 0 Å². The van der Waals surface area contributed by atoms with Crippen molar-refractivity contribution in [3.05, 3.63) is 121 Å². The third-order valence-corrected chi connectivity index (χ3v) is 7.48. The fourth-order valence-corrected chi connectivity index (χ4v) is 5.86. The highest BCUT2D eigenvalue weighted by Crippen LogP contribution is 2.44. The standard InChI is InChI=1S/C27H26N3P/c1-3-22(4-2)30(23-14-8-5-9-15-23)26-20-21-27(29-28-26)31(24-16-10-6-11-17-24)25-18-12-7-13-19-25/h3-6,8-12,14-21H,1,7,13H2,2H3/b22-4+. The maximum atomic E-state index is 4.73. The quantitative estimate of drug-likeness (QED) is 0.327. The monoisotopic (exact) mass is 423 g/mol. The van der Waals surface area contributed by atoms with Crippen molar-refractivity contribution in [2.24, 2.45) is 0 Å².